The number of rotatable bonds is 0. The van der Waals surface area contributed by atoms with Crippen LogP contribution >= 0.6 is 0 Å². The Bertz CT molecular complexity index is 1180. The lowest BCUT2D eigenvalue weighted by atomic mass is 10.1. The average Bonchev–Trinajstić information content (AvgIpc) is 2.95. The van der Waals surface area contributed by atoms with Crippen molar-refractivity contribution >= 4 is 43.7 Å². The molecular weight excluding hydrogens is 270 g/mol. The van der Waals surface area contributed by atoms with Crippen LogP contribution in [-0.4, -0.2) is 15.0 Å². The summed E-state index contributed by atoms with van der Waals surface area (Å²) >= 11 is 0. The second-order valence-electron chi connectivity index (χ2n) is 5.41. The number of benzene rings is 2. The normalized spacial score (nSPS) is 11.6. The first kappa shape index (κ1) is 11.6. The summed E-state index contributed by atoms with van der Waals surface area (Å²) in [4.78, 5) is 14.0. The highest BCUT2D eigenvalue weighted by atomic mass is 14.8. The van der Waals surface area contributed by atoms with Gasteiger partial charge in [0.1, 0.15) is 0 Å². The molecule has 0 saturated heterocycles. The Hall–Kier alpha value is -3.07. The van der Waals surface area contributed by atoms with Gasteiger partial charge >= 0.3 is 0 Å². The number of para-hydroxylation sites is 1. The standard InChI is InChI=1S/C19H11N3/c1-2-4-15-12(3-1)5-8-17-18(21-15)11-14-16(22-17)7-6-13-9-10-20-19(13)14/h1-11H. The largest absolute Gasteiger partial charge is 0.256 e. The van der Waals surface area contributed by atoms with Gasteiger partial charge in [0.2, 0.25) is 0 Å². The molecule has 102 valence electrons. The molecule has 0 aliphatic rings. The van der Waals surface area contributed by atoms with Gasteiger partial charge in [-0.15, -0.1) is 0 Å². The van der Waals surface area contributed by atoms with E-state index in [0.717, 1.165) is 43.7 Å². The van der Waals surface area contributed by atoms with E-state index in [1.54, 1.807) is 0 Å². The van der Waals surface area contributed by atoms with Crippen LogP contribution in [0.25, 0.3) is 43.7 Å². The van der Waals surface area contributed by atoms with Gasteiger partial charge in [-0.25, -0.2) is 9.97 Å². The van der Waals surface area contributed by atoms with Crippen LogP contribution in [0.15, 0.2) is 66.9 Å². The number of hydrogen-bond acceptors (Lipinski definition) is 3. The summed E-state index contributed by atoms with van der Waals surface area (Å²) < 4.78 is 0. The number of nitrogens with zero attached hydrogens (tertiary/aromatic N) is 3. The van der Waals surface area contributed by atoms with E-state index < -0.39 is 0 Å². The van der Waals surface area contributed by atoms with Crippen molar-refractivity contribution in [1.29, 1.82) is 0 Å². The fraction of sp³-hybridized carbons (Fsp3) is 0. The van der Waals surface area contributed by atoms with Crippen LogP contribution in [0.3, 0.4) is 0 Å². The zero-order chi connectivity index (χ0) is 14.5. The van der Waals surface area contributed by atoms with Gasteiger partial charge < -0.3 is 0 Å². The lowest BCUT2D eigenvalue weighted by molar-refractivity contribution is 1.45. The van der Waals surface area contributed by atoms with Gasteiger partial charge in [-0.05, 0) is 30.3 Å². The van der Waals surface area contributed by atoms with Crippen LogP contribution < -0.4 is 0 Å². The number of hydrogen-bond donors (Lipinski definition) is 0. The quantitative estimate of drug-likeness (QED) is 0.420. The molecule has 3 heterocycles. The maximum atomic E-state index is 4.79. The van der Waals surface area contributed by atoms with E-state index in [1.165, 1.54) is 0 Å². The van der Waals surface area contributed by atoms with Crippen molar-refractivity contribution in [2.75, 3.05) is 0 Å². The Morgan fingerprint density at radius 3 is 2.41 bits per heavy atom. The molecule has 0 aliphatic carbocycles. The minimum atomic E-state index is 0.893. The molecule has 5 aromatic rings. The van der Waals surface area contributed by atoms with Gasteiger partial charge in [-0.2, -0.15) is 0 Å². The maximum absolute atomic E-state index is 4.79. The van der Waals surface area contributed by atoms with Gasteiger partial charge in [-0.1, -0.05) is 30.3 Å². The van der Waals surface area contributed by atoms with Crippen LogP contribution in [0, 0.1) is 0 Å². The van der Waals surface area contributed by atoms with Crippen LogP contribution in [0.1, 0.15) is 0 Å². The summed E-state index contributed by atoms with van der Waals surface area (Å²) in [5, 5.41) is 3.30. The van der Waals surface area contributed by atoms with E-state index in [1.807, 2.05) is 42.6 Å². The zero-order valence-corrected chi connectivity index (χ0v) is 11.7. The average molecular weight is 281 g/mol. The Kier molecular flexibility index (Phi) is 2.22. The minimum Gasteiger partial charge on any atom is -0.256 e. The van der Waals surface area contributed by atoms with E-state index in [4.69, 9.17) is 9.97 Å². The second kappa shape index (κ2) is 4.21. The predicted molar refractivity (Wildman–Crippen MR) is 89.9 cm³/mol. The topological polar surface area (TPSA) is 38.7 Å². The fourth-order valence-electron chi connectivity index (χ4n) is 2.96. The maximum Gasteiger partial charge on any atom is 0.0901 e. The molecule has 0 atom stereocenters. The summed E-state index contributed by atoms with van der Waals surface area (Å²) in [5.74, 6) is 0. The van der Waals surface area contributed by atoms with Crippen LogP contribution in [0.2, 0.25) is 0 Å². The van der Waals surface area contributed by atoms with Crippen molar-refractivity contribution in [3.63, 3.8) is 0 Å². The molecule has 3 nitrogen and oxygen atoms in total. The number of aromatic nitrogens is 3. The first-order chi connectivity index (χ1) is 10.9. The first-order valence-corrected chi connectivity index (χ1v) is 7.22. The van der Waals surface area contributed by atoms with E-state index in [9.17, 15) is 0 Å². The van der Waals surface area contributed by atoms with Crippen molar-refractivity contribution in [2.45, 2.75) is 0 Å². The summed E-state index contributed by atoms with van der Waals surface area (Å²) in [7, 11) is 0. The monoisotopic (exact) mass is 281 g/mol. The lowest BCUT2D eigenvalue weighted by Crippen LogP contribution is -1.83. The molecule has 0 unspecified atom stereocenters. The van der Waals surface area contributed by atoms with Gasteiger partial charge in [0.05, 0.1) is 27.6 Å². The molecule has 0 amide bonds. The van der Waals surface area contributed by atoms with Gasteiger partial charge in [-0.3, -0.25) is 4.98 Å². The molecule has 22 heavy (non-hydrogen) atoms. The third kappa shape index (κ3) is 1.59. The molecule has 3 aromatic heterocycles. The second-order valence-corrected chi connectivity index (χ2v) is 5.41. The highest BCUT2D eigenvalue weighted by Crippen LogP contribution is 2.26. The number of fused-ring (bicyclic) bond motifs is 5. The zero-order valence-electron chi connectivity index (χ0n) is 11.7. The van der Waals surface area contributed by atoms with Crippen LogP contribution in [-0.2, 0) is 0 Å². The highest BCUT2D eigenvalue weighted by molar-refractivity contribution is 6.07. The summed E-state index contributed by atoms with van der Waals surface area (Å²) in [6.07, 6.45) is 1.84. The molecular formula is C19H11N3. The molecule has 0 fully saturated rings. The van der Waals surface area contributed by atoms with Crippen molar-refractivity contribution in [1.82, 2.24) is 15.0 Å². The van der Waals surface area contributed by atoms with Gasteiger partial charge in [0.15, 0.2) is 0 Å². The lowest BCUT2D eigenvalue weighted by Gasteiger charge is -2.00. The molecule has 0 N–H and O–H groups in total. The number of pyridine rings is 1. The van der Waals surface area contributed by atoms with Crippen LogP contribution in [0.5, 0.6) is 0 Å². The van der Waals surface area contributed by atoms with Crippen molar-refractivity contribution in [2.24, 2.45) is 0 Å². The van der Waals surface area contributed by atoms with E-state index in [2.05, 4.69) is 29.2 Å². The molecule has 0 radical (unpaired) electrons. The third-order valence-corrected chi connectivity index (χ3v) is 4.07. The Morgan fingerprint density at radius 1 is 0.591 bits per heavy atom. The Labute approximate surface area is 126 Å². The molecule has 0 spiro atoms. The van der Waals surface area contributed by atoms with Gasteiger partial charge in [0, 0.05) is 22.4 Å². The van der Waals surface area contributed by atoms with E-state index in [0.29, 0.717) is 0 Å². The molecule has 0 aliphatic heterocycles. The predicted octanol–water partition coefficient (Wildman–Crippen LogP) is 4.48. The highest BCUT2D eigenvalue weighted by Gasteiger charge is 2.06. The molecule has 0 saturated carbocycles. The SMILES string of the molecule is c1ccc2nc3cc4c(ccc5ccnc54)nc3ccc2c1. The smallest absolute Gasteiger partial charge is 0.0901 e. The minimum absolute atomic E-state index is 0.893. The fourth-order valence-corrected chi connectivity index (χ4v) is 2.96. The molecule has 5 rings (SSSR count). The third-order valence-electron chi connectivity index (χ3n) is 4.07. The Morgan fingerprint density at radius 2 is 1.41 bits per heavy atom. The molecule has 0 bridgehead atoms. The van der Waals surface area contributed by atoms with Crippen molar-refractivity contribution in [3.8, 4) is 0 Å². The Balaban J connectivity index is 2.01. The summed E-state index contributed by atoms with van der Waals surface area (Å²) in [6, 6.07) is 20.5. The van der Waals surface area contributed by atoms with E-state index in [-0.39, 0.29) is 0 Å². The summed E-state index contributed by atoms with van der Waals surface area (Å²) in [6.45, 7) is 0. The van der Waals surface area contributed by atoms with Crippen molar-refractivity contribution < 1.29 is 0 Å². The van der Waals surface area contributed by atoms with E-state index >= 15 is 0 Å². The summed E-state index contributed by atoms with van der Waals surface area (Å²) in [5.41, 5.74) is 4.71. The van der Waals surface area contributed by atoms with Gasteiger partial charge in [0.25, 0.3) is 0 Å². The first-order valence-electron chi connectivity index (χ1n) is 7.22. The molecule has 2 aromatic carbocycles. The van der Waals surface area contributed by atoms with Crippen molar-refractivity contribution in [3.05, 3.63) is 66.9 Å². The van der Waals surface area contributed by atoms with Crippen LogP contribution in [0.4, 0.5) is 0 Å². The molecule has 3 heteroatoms.